The molecule has 0 aromatic rings. The zero-order valence-electron chi connectivity index (χ0n) is 12.0. The second kappa shape index (κ2) is 8.32. The van der Waals surface area contributed by atoms with Crippen molar-refractivity contribution in [3.8, 4) is 0 Å². The van der Waals surface area contributed by atoms with Gasteiger partial charge in [0.05, 0.1) is 0 Å². The first kappa shape index (κ1) is 15.2. The molecule has 3 N–H and O–H groups in total. The highest BCUT2D eigenvalue weighted by Gasteiger charge is 2.15. The zero-order chi connectivity index (χ0) is 13.4. The molecule has 1 rings (SSSR count). The first-order chi connectivity index (χ1) is 8.59. The number of piperidine rings is 1. The largest absolute Gasteiger partial charge is 0.337 e. The summed E-state index contributed by atoms with van der Waals surface area (Å²) >= 11 is 0. The molecule has 1 saturated heterocycles. The molecule has 1 fully saturated rings. The quantitative estimate of drug-likeness (QED) is 0.615. The lowest BCUT2D eigenvalue weighted by molar-refractivity contribution is 0.217. The van der Waals surface area contributed by atoms with Crippen LogP contribution in [0, 0.1) is 0 Å². The lowest BCUT2D eigenvalue weighted by atomic mass is 9.99. The van der Waals surface area contributed by atoms with Crippen molar-refractivity contribution in [1.29, 1.82) is 0 Å². The third kappa shape index (κ3) is 6.21. The molecule has 0 spiro atoms. The third-order valence-electron chi connectivity index (χ3n) is 3.35. The highest BCUT2D eigenvalue weighted by atomic mass is 16.2. The molecule has 18 heavy (non-hydrogen) atoms. The van der Waals surface area contributed by atoms with Crippen LogP contribution in [-0.2, 0) is 0 Å². The number of carbonyl (C=O) groups is 1. The van der Waals surface area contributed by atoms with Crippen molar-refractivity contribution in [2.24, 2.45) is 0 Å². The topological polar surface area (TPSA) is 56.4 Å². The maximum Gasteiger partial charge on any atom is 0.316 e. The lowest BCUT2D eigenvalue weighted by Crippen LogP contribution is -2.43. The Hall–Kier alpha value is -0.810. The van der Waals surface area contributed by atoms with Crippen LogP contribution in [0.2, 0.25) is 0 Å². The average molecular weight is 256 g/mol. The van der Waals surface area contributed by atoms with Crippen molar-refractivity contribution < 1.29 is 4.79 Å². The molecule has 1 aliphatic heterocycles. The minimum Gasteiger partial charge on any atom is -0.337 e. The molecule has 1 aliphatic rings. The summed E-state index contributed by atoms with van der Waals surface area (Å²) in [6.45, 7) is 4.88. The van der Waals surface area contributed by atoms with Crippen LogP contribution in [-0.4, -0.2) is 56.7 Å². The molecule has 0 aromatic heterocycles. The Kier molecular flexibility index (Phi) is 7.05. The molecular formula is C13H28N4O. The van der Waals surface area contributed by atoms with E-state index in [1.54, 1.807) is 19.0 Å². The van der Waals surface area contributed by atoms with E-state index in [0.29, 0.717) is 18.6 Å². The summed E-state index contributed by atoms with van der Waals surface area (Å²) in [6.07, 6.45) is 5.13. The summed E-state index contributed by atoms with van der Waals surface area (Å²) in [5.74, 6) is 0. The fourth-order valence-corrected chi connectivity index (χ4v) is 2.28. The smallest absolute Gasteiger partial charge is 0.316 e. The highest BCUT2D eigenvalue weighted by molar-refractivity contribution is 5.73. The molecule has 2 amide bonds. The Balaban J connectivity index is 2.02. The van der Waals surface area contributed by atoms with Gasteiger partial charge in [0, 0.05) is 39.3 Å². The van der Waals surface area contributed by atoms with E-state index in [-0.39, 0.29) is 6.03 Å². The maximum absolute atomic E-state index is 11.3. The van der Waals surface area contributed by atoms with Gasteiger partial charge in [-0.05, 0) is 32.7 Å². The molecule has 0 radical (unpaired) electrons. The summed E-state index contributed by atoms with van der Waals surface area (Å²) in [6, 6.07) is 1.13. The molecular weight excluding hydrogens is 228 g/mol. The summed E-state index contributed by atoms with van der Waals surface area (Å²) in [5.41, 5.74) is 0. The van der Waals surface area contributed by atoms with E-state index < -0.39 is 0 Å². The normalized spacial score (nSPS) is 21.4. The molecule has 0 aromatic carbocycles. The van der Waals surface area contributed by atoms with E-state index in [1.165, 1.54) is 25.7 Å². The number of hydrogen-bond acceptors (Lipinski definition) is 3. The van der Waals surface area contributed by atoms with Crippen LogP contribution < -0.4 is 16.0 Å². The van der Waals surface area contributed by atoms with Gasteiger partial charge in [0.15, 0.2) is 0 Å². The fourth-order valence-electron chi connectivity index (χ4n) is 2.28. The molecule has 0 bridgehead atoms. The Bertz CT molecular complexity index is 239. The van der Waals surface area contributed by atoms with Crippen LogP contribution in [0.25, 0.3) is 0 Å². The number of carbonyl (C=O) groups excluding carboxylic acids is 1. The molecule has 0 saturated carbocycles. The summed E-state index contributed by atoms with van der Waals surface area (Å²) in [7, 11) is 3.50. The van der Waals surface area contributed by atoms with E-state index >= 15 is 0 Å². The summed E-state index contributed by atoms with van der Waals surface area (Å²) < 4.78 is 0. The van der Waals surface area contributed by atoms with Gasteiger partial charge in [0.2, 0.25) is 0 Å². The van der Waals surface area contributed by atoms with Gasteiger partial charge in [0.1, 0.15) is 0 Å². The average Bonchev–Trinajstić information content (AvgIpc) is 2.35. The standard InChI is InChI=1S/C13H28N4O/c1-11(10-12-6-4-5-7-15-12)14-8-9-16-13(18)17(2)3/h11-12,14-15H,4-10H2,1-3H3,(H,16,18). The molecule has 2 unspecified atom stereocenters. The van der Waals surface area contributed by atoms with Crippen LogP contribution in [0.1, 0.15) is 32.6 Å². The van der Waals surface area contributed by atoms with Crippen molar-refractivity contribution in [2.45, 2.75) is 44.7 Å². The monoisotopic (exact) mass is 256 g/mol. The maximum atomic E-state index is 11.3. The highest BCUT2D eigenvalue weighted by Crippen LogP contribution is 2.11. The second-order valence-corrected chi connectivity index (χ2v) is 5.36. The van der Waals surface area contributed by atoms with Crippen LogP contribution in [0.5, 0.6) is 0 Å². The van der Waals surface area contributed by atoms with E-state index in [2.05, 4.69) is 22.9 Å². The van der Waals surface area contributed by atoms with Crippen molar-refractivity contribution in [1.82, 2.24) is 20.9 Å². The van der Waals surface area contributed by atoms with Gasteiger partial charge in [-0.25, -0.2) is 4.79 Å². The Morgan fingerprint density at radius 1 is 1.39 bits per heavy atom. The van der Waals surface area contributed by atoms with Crippen molar-refractivity contribution in [3.63, 3.8) is 0 Å². The van der Waals surface area contributed by atoms with E-state index in [1.807, 2.05) is 0 Å². The van der Waals surface area contributed by atoms with Crippen molar-refractivity contribution in [2.75, 3.05) is 33.7 Å². The molecule has 5 heteroatoms. The van der Waals surface area contributed by atoms with Gasteiger partial charge in [-0.15, -0.1) is 0 Å². The van der Waals surface area contributed by atoms with Gasteiger partial charge in [-0.2, -0.15) is 0 Å². The van der Waals surface area contributed by atoms with Crippen LogP contribution >= 0.6 is 0 Å². The van der Waals surface area contributed by atoms with Crippen LogP contribution in [0.3, 0.4) is 0 Å². The van der Waals surface area contributed by atoms with E-state index in [4.69, 9.17) is 0 Å². The SMILES string of the molecule is CC(CC1CCCCN1)NCCNC(=O)N(C)C. The number of hydrogen-bond donors (Lipinski definition) is 3. The predicted molar refractivity (Wildman–Crippen MR) is 74.8 cm³/mol. The van der Waals surface area contributed by atoms with Crippen LogP contribution in [0.4, 0.5) is 4.79 Å². The molecule has 106 valence electrons. The number of urea groups is 1. The van der Waals surface area contributed by atoms with Crippen LogP contribution in [0.15, 0.2) is 0 Å². The lowest BCUT2D eigenvalue weighted by Gasteiger charge is -2.26. The molecule has 5 nitrogen and oxygen atoms in total. The van der Waals surface area contributed by atoms with Gasteiger partial charge in [0.25, 0.3) is 0 Å². The van der Waals surface area contributed by atoms with Gasteiger partial charge in [-0.3, -0.25) is 0 Å². The van der Waals surface area contributed by atoms with Gasteiger partial charge in [-0.1, -0.05) is 6.42 Å². The first-order valence-electron chi connectivity index (χ1n) is 7.01. The van der Waals surface area contributed by atoms with Gasteiger partial charge < -0.3 is 20.9 Å². The molecule has 2 atom stereocenters. The number of nitrogens with one attached hydrogen (secondary N) is 3. The van der Waals surface area contributed by atoms with Crippen molar-refractivity contribution in [3.05, 3.63) is 0 Å². The summed E-state index contributed by atoms with van der Waals surface area (Å²) in [4.78, 5) is 12.8. The Morgan fingerprint density at radius 3 is 2.78 bits per heavy atom. The van der Waals surface area contributed by atoms with E-state index in [0.717, 1.165) is 13.1 Å². The Morgan fingerprint density at radius 2 is 2.17 bits per heavy atom. The third-order valence-corrected chi connectivity index (χ3v) is 3.35. The minimum absolute atomic E-state index is 0.0293. The number of nitrogens with zero attached hydrogens (tertiary/aromatic N) is 1. The predicted octanol–water partition coefficient (Wildman–Crippen LogP) is 0.768. The number of amides is 2. The Labute approximate surface area is 111 Å². The van der Waals surface area contributed by atoms with Crippen molar-refractivity contribution >= 4 is 6.03 Å². The fraction of sp³-hybridized carbons (Fsp3) is 0.923. The summed E-state index contributed by atoms with van der Waals surface area (Å²) in [5, 5.41) is 9.86. The number of rotatable bonds is 6. The van der Waals surface area contributed by atoms with E-state index in [9.17, 15) is 4.79 Å². The molecule has 0 aliphatic carbocycles. The first-order valence-corrected chi connectivity index (χ1v) is 7.01. The minimum atomic E-state index is -0.0293. The van der Waals surface area contributed by atoms with Gasteiger partial charge >= 0.3 is 6.03 Å². The second-order valence-electron chi connectivity index (χ2n) is 5.36. The molecule has 1 heterocycles. The zero-order valence-corrected chi connectivity index (χ0v) is 12.0.